The highest BCUT2D eigenvalue weighted by molar-refractivity contribution is 5.75. The van der Waals surface area contributed by atoms with E-state index in [1.54, 1.807) is 13.2 Å². The van der Waals surface area contributed by atoms with E-state index in [-0.39, 0.29) is 6.10 Å². The average molecular weight is 283 g/mol. The molecular formula is C16H17N3O2. The molecule has 1 atom stereocenters. The molecule has 108 valence electrons. The van der Waals surface area contributed by atoms with Crippen molar-refractivity contribution in [1.29, 1.82) is 0 Å². The van der Waals surface area contributed by atoms with Gasteiger partial charge in [0.15, 0.2) is 12.1 Å². The molecule has 5 heteroatoms. The Labute approximate surface area is 123 Å². The van der Waals surface area contributed by atoms with Gasteiger partial charge in [-0.05, 0) is 6.42 Å². The molecule has 2 aromatic rings. The van der Waals surface area contributed by atoms with E-state index in [9.17, 15) is 4.79 Å². The van der Waals surface area contributed by atoms with Crippen LogP contribution < -0.4 is 4.90 Å². The molecular weight excluding hydrogens is 266 g/mol. The lowest BCUT2D eigenvalue weighted by Crippen LogP contribution is -2.23. The van der Waals surface area contributed by atoms with Crippen molar-refractivity contribution in [3.63, 3.8) is 0 Å². The van der Waals surface area contributed by atoms with E-state index in [2.05, 4.69) is 14.9 Å². The molecule has 1 aliphatic rings. The van der Waals surface area contributed by atoms with Crippen molar-refractivity contribution >= 4 is 12.1 Å². The number of anilines is 1. The number of carbonyl (C=O) groups is 1. The van der Waals surface area contributed by atoms with Gasteiger partial charge in [0.2, 0.25) is 0 Å². The molecule has 1 fully saturated rings. The van der Waals surface area contributed by atoms with Crippen molar-refractivity contribution < 1.29 is 9.53 Å². The number of hydrogen-bond donors (Lipinski definition) is 0. The summed E-state index contributed by atoms with van der Waals surface area (Å²) in [5, 5.41) is 0. The van der Waals surface area contributed by atoms with E-state index >= 15 is 0 Å². The van der Waals surface area contributed by atoms with Crippen LogP contribution in [0.2, 0.25) is 0 Å². The van der Waals surface area contributed by atoms with Crippen molar-refractivity contribution in [2.75, 3.05) is 25.1 Å². The third-order valence-electron chi connectivity index (χ3n) is 3.69. The van der Waals surface area contributed by atoms with Gasteiger partial charge in [-0.2, -0.15) is 0 Å². The van der Waals surface area contributed by atoms with Gasteiger partial charge in [0, 0.05) is 31.8 Å². The predicted molar refractivity (Wildman–Crippen MR) is 80.5 cm³/mol. The van der Waals surface area contributed by atoms with E-state index in [4.69, 9.17) is 4.74 Å². The summed E-state index contributed by atoms with van der Waals surface area (Å²) in [7, 11) is 1.72. The number of nitrogens with zero attached hydrogens (tertiary/aromatic N) is 3. The molecule has 0 radical (unpaired) electrons. The molecule has 0 N–H and O–H groups in total. The zero-order valence-electron chi connectivity index (χ0n) is 11.9. The van der Waals surface area contributed by atoms with Crippen LogP contribution in [-0.4, -0.2) is 42.6 Å². The van der Waals surface area contributed by atoms with Crippen LogP contribution in [0.5, 0.6) is 0 Å². The number of rotatable bonds is 4. The first kappa shape index (κ1) is 13.7. The van der Waals surface area contributed by atoms with Crippen molar-refractivity contribution in [3.8, 4) is 11.4 Å². The second-order valence-electron chi connectivity index (χ2n) is 5.05. The van der Waals surface area contributed by atoms with Gasteiger partial charge >= 0.3 is 0 Å². The number of carbonyl (C=O) groups excluding carboxylic acids is 1. The maximum atomic E-state index is 11.1. The normalized spacial score (nSPS) is 18.0. The smallest absolute Gasteiger partial charge is 0.168 e. The number of aldehydes is 1. The van der Waals surface area contributed by atoms with Crippen LogP contribution in [0.25, 0.3) is 11.4 Å². The third kappa shape index (κ3) is 2.92. The van der Waals surface area contributed by atoms with Gasteiger partial charge < -0.3 is 9.64 Å². The summed E-state index contributed by atoms with van der Waals surface area (Å²) in [5.41, 5.74) is 1.31. The lowest BCUT2D eigenvalue weighted by molar-refractivity contribution is 0.111. The molecule has 0 saturated carbocycles. The Morgan fingerprint density at radius 3 is 2.76 bits per heavy atom. The van der Waals surface area contributed by atoms with Crippen LogP contribution in [0.1, 0.15) is 16.9 Å². The predicted octanol–water partition coefficient (Wildman–Crippen LogP) is 2.18. The van der Waals surface area contributed by atoms with Gasteiger partial charge in [-0.1, -0.05) is 30.3 Å². The largest absolute Gasteiger partial charge is 0.380 e. The fourth-order valence-corrected chi connectivity index (χ4v) is 2.52. The van der Waals surface area contributed by atoms with Crippen LogP contribution in [0.4, 0.5) is 5.82 Å². The minimum atomic E-state index is 0.222. The van der Waals surface area contributed by atoms with Gasteiger partial charge in [-0.3, -0.25) is 4.79 Å². The molecule has 1 aromatic carbocycles. The first-order chi connectivity index (χ1) is 10.3. The zero-order valence-corrected chi connectivity index (χ0v) is 11.9. The molecule has 1 aromatic heterocycles. The summed E-state index contributed by atoms with van der Waals surface area (Å²) in [6.07, 6.45) is 1.96. The van der Waals surface area contributed by atoms with E-state index < -0.39 is 0 Å². The van der Waals surface area contributed by atoms with Crippen LogP contribution >= 0.6 is 0 Å². The molecule has 0 bridgehead atoms. The zero-order chi connectivity index (χ0) is 14.7. The fourth-order valence-electron chi connectivity index (χ4n) is 2.52. The van der Waals surface area contributed by atoms with Crippen LogP contribution in [0.15, 0.2) is 36.4 Å². The molecule has 0 spiro atoms. The standard InChI is InChI=1S/C16H17N3O2/c1-21-14-7-8-19(10-14)15-9-13(11-20)17-16(18-15)12-5-3-2-4-6-12/h2-6,9,11,14H,7-8,10H2,1H3/t14-/m0/s1. The number of hydrogen-bond acceptors (Lipinski definition) is 5. The Balaban J connectivity index is 1.96. The van der Waals surface area contributed by atoms with Crippen molar-refractivity contribution in [2.24, 2.45) is 0 Å². The summed E-state index contributed by atoms with van der Waals surface area (Å²) < 4.78 is 5.38. The number of ether oxygens (including phenoxy) is 1. The van der Waals surface area contributed by atoms with Gasteiger partial charge in [0.05, 0.1) is 6.10 Å². The van der Waals surface area contributed by atoms with Crippen LogP contribution in [0.3, 0.4) is 0 Å². The molecule has 2 heterocycles. The second kappa shape index (κ2) is 6.01. The fraction of sp³-hybridized carbons (Fsp3) is 0.312. The highest BCUT2D eigenvalue weighted by atomic mass is 16.5. The van der Waals surface area contributed by atoms with Crippen LogP contribution in [-0.2, 0) is 4.74 Å². The number of benzene rings is 1. The Morgan fingerprint density at radius 1 is 1.29 bits per heavy atom. The second-order valence-corrected chi connectivity index (χ2v) is 5.05. The highest BCUT2D eigenvalue weighted by Crippen LogP contribution is 2.23. The third-order valence-corrected chi connectivity index (χ3v) is 3.69. The monoisotopic (exact) mass is 283 g/mol. The quantitative estimate of drug-likeness (QED) is 0.805. The highest BCUT2D eigenvalue weighted by Gasteiger charge is 2.24. The summed E-state index contributed by atoms with van der Waals surface area (Å²) >= 11 is 0. The van der Waals surface area contributed by atoms with Crippen molar-refractivity contribution in [1.82, 2.24) is 9.97 Å². The van der Waals surface area contributed by atoms with E-state index in [0.717, 1.165) is 37.2 Å². The number of methoxy groups -OCH3 is 1. The van der Waals surface area contributed by atoms with Gasteiger partial charge in [0.1, 0.15) is 11.5 Å². The minimum absolute atomic E-state index is 0.222. The first-order valence-electron chi connectivity index (χ1n) is 6.97. The summed E-state index contributed by atoms with van der Waals surface area (Å²) in [6.45, 7) is 1.67. The van der Waals surface area contributed by atoms with Gasteiger partial charge in [0.25, 0.3) is 0 Å². The van der Waals surface area contributed by atoms with Gasteiger partial charge in [-0.25, -0.2) is 9.97 Å². The van der Waals surface area contributed by atoms with Crippen molar-refractivity contribution in [2.45, 2.75) is 12.5 Å². The maximum absolute atomic E-state index is 11.1. The molecule has 0 unspecified atom stereocenters. The molecule has 3 rings (SSSR count). The summed E-state index contributed by atoms with van der Waals surface area (Å²) in [4.78, 5) is 22.2. The topological polar surface area (TPSA) is 55.3 Å². The lowest BCUT2D eigenvalue weighted by atomic mass is 10.2. The molecule has 1 aliphatic heterocycles. The SMILES string of the molecule is CO[C@H]1CCN(c2cc(C=O)nc(-c3ccccc3)n2)C1. The summed E-state index contributed by atoms with van der Waals surface area (Å²) in [5.74, 6) is 1.36. The molecule has 21 heavy (non-hydrogen) atoms. The average Bonchev–Trinajstić information content (AvgIpc) is 3.04. The molecule has 5 nitrogen and oxygen atoms in total. The lowest BCUT2D eigenvalue weighted by Gasteiger charge is -2.18. The maximum Gasteiger partial charge on any atom is 0.168 e. The Bertz CT molecular complexity index is 631. The Hall–Kier alpha value is -2.27. The number of aromatic nitrogens is 2. The minimum Gasteiger partial charge on any atom is -0.380 e. The summed E-state index contributed by atoms with van der Waals surface area (Å²) in [6, 6.07) is 11.4. The first-order valence-corrected chi connectivity index (χ1v) is 6.97. The van der Waals surface area contributed by atoms with Crippen LogP contribution in [0, 0.1) is 0 Å². The van der Waals surface area contributed by atoms with Gasteiger partial charge in [-0.15, -0.1) is 0 Å². The van der Waals surface area contributed by atoms with E-state index in [1.807, 2.05) is 30.3 Å². The molecule has 0 amide bonds. The Kier molecular flexibility index (Phi) is 3.92. The van der Waals surface area contributed by atoms with E-state index in [0.29, 0.717) is 11.5 Å². The van der Waals surface area contributed by atoms with E-state index in [1.165, 1.54) is 0 Å². The van der Waals surface area contributed by atoms with Crippen molar-refractivity contribution in [3.05, 3.63) is 42.1 Å². The Morgan fingerprint density at radius 2 is 2.10 bits per heavy atom. The molecule has 1 saturated heterocycles. The molecule has 0 aliphatic carbocycles.